The minimum Gasteiger partial charge on any atom is -0.373 e. The predicted molar refractivity (Wildman–Crippen MR) is 110 cm³/mol. The second-order valence-electron chi connectivity index (χ2n) is 6.81. The van der Waals surface area contributed by atoms with Gasteiger partial charge in [0.1, 0.15) is 0 Å². The zero-order valence-electron chi connectivity index (χ0n) is 14.6. The fourth-order valence-electron chi connectivity index (χ4n) is 2.61. The Morgan fingerprint density at radius 3 is 2.78 bits per heavy atom. The second-order valence-corrected chi connectivity index (χ2v) is 7.76. The maximum atomic E-state index is 5.83. The fourth-order valence-corrected chi connectivity index (χ4v) is 3.45. The van der Waals surface area contributed by atoms with E-state index in [1.165, 1.54) is 4.88 Å². The van der Waals surface area contributed by atoms with Gasteiger partial charge in [-0.25, -0.2) is 0 Å². The van der Waals surface area contributed by atoms with Crippen molar-refractivity contribution in [1.29, 1.82) is 0 Å². The van der Waals surface area contributed by atoms with Crippen LogP contribution in [-0.2, 0) is 10.2 Å². The molecule has 0 radical (unpaired) electrons. The van der Waals surface area contributed by atoms with Crippen LogP contribution < -0.4 is 10.6 Å². The largest absolute Gasteiger partial charge is 0.373 e. The summed E-state index contributed by atoms with van der Waals surface area (Å²) in [5.74, 6) is 0.879. The summed E-state index contributed by atoms with van der Waals surface area (Å²) >= 11 is 1.80. The molecule has 6 heteroatoms. The van der Waals surface area contributed by atoms with Gasteiger partial charge < -0.3 is 15.4 Å². The van der Waals surface area contributed by atoms with Crippen LogP contribution in [-0.4, -0.2) is 37.8 Å². The topological polar surface area (TPSA) is 45.7 Å². The molecule has 1 aromatic rings. The van der Waals surface area contributed by atoms with Crippen LogP contribution in [0.1, 0.15) is 45.4 Å². The number of nitrogens with zero attached hydrogens (tertiary/aromatic N) is 1. The van der Waals surface area contributed by atoms with Gasteiger partial charge in [-0.2, -0.15) is 0 Å². The number of rotatable bonds is 6. The molecule has 1 atom stereocenters. The van der Waals surface area contributed by atoms with Gasteiger partial charge in [-0.3, -0.25) is 4.99 Å². The normalized spacial score (nSPS) is 21.8. The van der Waals surface area contributed by atoms with E-state index in [2.05, 4.69) is 55.8 Å². The highest BCUT2D eigenvalue weighted by atomic mass is 127. The fraction of sp³-hybridized carbons (Fsp3) is 0.706. The highest BCUT2D eigenvalue weighted by Crippen LogP contribution is 2.27. The summed E-state index contributed by atoms with van der Waals surface area (Å²) in [5, 5.41) is 8.89. The molecule has 132 valence electrons. The monoisotopic (exact) mass is 451 g/mol. The molecule has 0 saturated carbocycles. The van der Waals surface area contributed by atoms with Crippen molar-refractivity contribution in [1.82, 2.24) is 10.6 Å². The molecular formula is C17H30IN3OS. The van der Waals surface area contributed by atoms with Crippen molar-refractivity contribution in [3.05, 3.63) is 22.4 Å². The van der Waals surface area contributed by atoms with E-state index < -0.39 is 0 Å². The number of aliphatic imine (C=N–C) groups is 1. The zero-order valence-corrected chi connectivity index (χ0v) is 17.8. The molecule has 0 spiro atoms. The second kappa shape index (κ2) is 9.22. The lowest BCUT2D eigenvalue weighted by molar-refractivity contribution is 0.0243. The van der Waals surface area contributed by atoms with Crippen LogP contribution in [0.25, 0.3) is 0 Å². The van der Waals surface area contributed by atoms with Crippen LogP contribution in [0.5, 0.6) is 0 Å². The van der Waals surface area contributed by atoms with Crippen LogP contribution in [0.2, 0.25) is 0 Å². The molecule has 0 bridgehead atoms. The number of guanidine groups is 1. The highest BCUT2D eigenvalue weighted by Gasteiger charge is 2.29. The standard InChI is InChI=1S/C17H29N3OS.HI/c1-5-18-15(20-13-17(4)9-7-10-21-17)19-12-16(2,3)14-8-6-11-22-14;/h6,8,11H,5,7,9-10,12-13H2,1-4H3,(H2,18,19,20);1H. The average molecular weight is 451 g/mol. The molecular weight excluding hydrogens is 421 g/mol. The van der Waals surface area contributed by atoms with Crippen molar-refractivity contribution in [3.63, 3.8) is 0 Å². The van der Waals surface area contributed by atoms with Crippen molar-refractivity contribution in [2.45, 2.75) is 51.6 Å². The van der Waals surface area contributed by atoms with E-state index in [1.807, 2.05) is 0 Å². The summed E-state index contributed by atoms with van der Waals surface area (Å²) in [7, 11) is 0. The summed E-state index contributed by atoms with van der Waals surface area (Å²) in [5.41, 5.74) is 0.00371. The lowest BCUT2D eigenvalue weighted by Gasteiger charge is -2.26. The molecule has 1 saturated heterocycles. The molecule has 23 heavy (non-hydrogen) atoms. The Kier molecular flexibility index (Phi) is 8.30. The third kappa shape index (κ3) is 6.23. The van der Waals surface area contributed by atoms with Crippen molar-refractivity contribution in [2.75, 3.05) is 26.2 Å². The number of halogens is 1. The van der Waals surface area contributed by atoms with E-state index in [4.69, 9.17) is 9.73 Å². The predicted octanol–water partition coefficient (Wildman–Crippen LogP) is 3.77. The maximum absolute atomic E-state index is 5.83. The average Bonchev–Trinajstić information content (AvgIpc) is 3.14. The zero-order chi connectivity index (χ0) is 16.1. The van der Waals surface area contributed by atoms with Crippen molar-refractivity contribution >= 4 is 41.3 Å². The van der Waals surface area contributed by atoms with Gasteiger partial charge >= 0.3 is 0 Å². The van der Waals surface area contributed by atoms with Crippen molar-refractivity contribution in [3.8, 4) is 0 Å². The van der Waals surface area contributed by atoms with E-state index in [-0.39, 0.29) is 35.0 Å². The van der Waals surface area contributed by atoms with Crippen LogP contribution in [0.4, 0.5) is 0 Å². The Morgan fingerprint density at radius 1 is 1.43 bits per heavy atom. The Balaban J connectivity index is 0.00000264. The third-order valence-corrected chi connectivity index (χ3v) is 5.33. The van der Waals surface area contributed by atoms with Gasteiger partial charge in [0.25, 0.3) is 0 Å². The van der Waals surface area contributed by atoms with Gasteiger partial charge in [-0.15, -0.1) is 35.3 Å². The Bertz CT molecular complexity index is 482. The molecule has 2 N–H and O–H groups in total. The van der Waals surface area contributed by atoms with E-state index in [9.17, 15) is 0 Å². The molecule has 1 aromatic heterocycles. The first-order chi connectivity index (χ1) is 10.5. The summed E-state index contributed by atoms with van der Waals surface area (Å²) < 4.78 is 5.83. The first-order valence-corrected chi connectivity index (χ1v) is 9.03. The van der Waals surface area contributed by atoms with E-state index >= 15 is 0 Å². The minimum atomic E-state index is -0.0561. The molecule has 0 aromatic carbocycles. The van der Waals surface area contributed by atoms with Crippen molar-refractivity contribution in [2.24, 2.45) is 4.99 Å². The number of hydrogen-bond donors (Lipinski definition) is 2. The van der Waals surface area contributed by atoms with E-state index in [0.29, 0.717) is 0 Å². The number of ether oxygens (including phenoxy) is 1. The van der Waals surface area contributed by atoms with Crippen LogP contribution in [0.3, 0.4) is 0 Å². The molecule has 4 nitrogen and oxygen atoms in total. The van der Waals surface area contributed by atoms with Crippen LogP contribution in [0.15, 0.2) is 22.5 Å². The molecule has 1 aliphatic heterocycles. The smallest absolute Gasteiger partial charge is 0.191 e. The Labute approximate surface area is 161 Å². The SMILES string of the molecule is CCNC(=NCC(C)(C)c1cccs1)NCC1(C)CCCO1.I. The van der Waals surface area contributed by atoms with Crippen LogP contribution >= 0.6 is 35.3 Å². The van der Waals surface area contributed by atoms with Gasteiger partial charge in [0, 0.05) is 30.0 Å². The van der Waals surface area contributed by atoms with Gasteiger partial charge in [-0.05, 0) is 38.1 Å². The number of thiophene rings is 1. The molecule has 2 rings (SSSR count). The lowest BCUT2D eigenvalue weighted by Crippen LogP contribution is -2.46. The third-order valence-electron chi connectivity index (χ3n) is 4.10. The molecule has 1 aliphatic rings. The number of hydrogen-bond acceptors (Lipinski definition) is 3. The quantitative estimate of drug-likeness (QED) is 0.393. The summed E-state index contributed by atoms with van der Waals surface area (Å²) in [6.45, 7) is 12.1. The first kappa shape index (κ1) is 20.7. The van der Waals surface area contributed by atoms with E-state index in [1.54, 1.807) is 11.3 Å². The lowest BCUT2D eigenvalue weighted by atomic mass is 9.92. The Morgan fingerprint density at radius 2 is 2.22 bits per heavy atom. The molecule has 0 amide bonds. The Hall–Kier alpha value is -0.340. The molecule has 2 heterocycles. The minimum absolute atomic E-state index is 0. The summed E-state index contributed by atoms with van der Waals surface area (Å²) in [4.78, 5) is 6.15. The van der Waals surface area contributed by atoms with E-state index in [0.717, 1.165) is 45.0 Å². The first-order valence-electron chi connectivity index (χ1n) is 8.15. The molecule has 1 unspecified atom stereocenters. The highest BCUT2D eigenvalue weighted by molar-refractivity contribution is 14.0. The van der Waals surface area contributed by atoms with Gasteiger partial charge in [0.2, 0.25) is 0 Å². The molecule has 0 aliphatic carbocycles. The van der Waals surface area contributed by atoms with Gasteiger partial charge in [0.05, 0.1) is 12.1 Å². The van der Waals surface area contributed by atoms with Crippen LogP contribution in [0, 0.1) is 0 Å². The number of nitrogens with one attached hydrogen (secondary N) is 2. The summed E-state index contributed by atoms with van der Waals surface area (Å²) in [6.07, 6.45) is 2.26. The van der Waals surface area contributed by atoms with Gasteiger partial charge in [0.15, 0.2) is 5.96 Å². The molecule has 1 fully saturated rings. The summed E-state index contributed by atoms with van der Waals surface area (Å²) in [6, 6.07) is 4.29. The van der Waals surface area contributed by atoms with Crippen molar-refractivity contribution < 1.29 is 4.74 Å². The van der Waals surface area contributed by atoms with Gasteiger partial charge in [-0.1, -0.05) is 19.9 Å². The maximum Gasteiger partial charge on any atom is 0.191 e.